The highest BCUT2D eigenvalue weighted by molar-refractivity contribution is 7.89. The molecule has 37 heavy (non-hydrogen) atoms. The number of carbonyl (C=O) groups excluding carboxylic acids is 1. The molecule has 9 nitrogen and oxygen atoms in total. The van der Waals surface area contributed by atoms with E-state index in [2.05, 4.69) is 9.62 Å². The maximum absolute atomic E-state index is 14.1. The molecular formula is C25H32F2N4O5S. The van der Waals surface area contributed by atoms with Crippen LogP contribution >= 0.6 is 0 Å². The van der Waals surface area contributed by atoms with Crippen molar-refractivity contribution in [2.75, 3.05) is 77.6 Å². The monoisotopic (exact) mass is 538 g/mol. The van der Waals surface area contributed by atoms with Gasteiger partial charge in [0.15, 0.2) is 0 Å². The van der Waals surface area contributed by atoms with E-state index in [0.29, 0.717) is 50.7 Å². The van der Waals surface area contributed by atoms with Gasteiger partial charge in [-0.05, 0) is 43.3 Å². The van der Waals surface area contributed by atoms with Crippen LogP contribution in [0.15, 0.2) is 41.3 Å². The molecule has 0 atom stereocenters. The van der Waals surface area contributed by atoms with Gasteiger partial charge in [-0.2, -0.15) is 0 Å². The van der Waals surface area contributed by atoms with E-state index in [1.54, 1.807) is 12.1 Å². The number of morpholine rings is 1. The molecule has 202 valence electrons. The Hall–Kier alpha value is -2.80. The van der Waals surface area contributed by atoms with Crippen LogP contribution in [0.1, 0.15) is 16.8 Å². The molecule has 1 amide bonds. The number of rotatable bonds is 9. The van der Waals surface area contributed by atoms with Crippen LogP contribution in [-0.4, -0.2) is 96.8 Å². The second-order valence-electron chi connectivity index (χ2n) is 8.91. The Kier molecular flexibility index (Phi) is 8.95. The summed E-state index contributed by atoms with van der Waals surface area (Å²) >= 11 is 0. The standard InChI is InChI=1S/C25H32F2N4O5S/c1-35-23-7-6-19(37(33,34)28-8-3-9-29-14-16-36-17-15-29)18-22(23)30-10-12-31(13-11-30)25(32)24-20(26)4-2-5-21(24)27/h2,4-7,18,28H,3,8-17H2,1H3. The second kappa shape index (κ2) is 12.2. The minimum atomic E-state index is -3.74. The van der Waals surface area contributed by atoms with Crippen molar-refractivity contribution in [3.63, 3.8) is 0 Å². The highest BCUT2D eigenvalue weighted by Gasteiger charge is 2.28. The van der Waals surface area contributed by atoms with Gasteiger partial charge in [0.25, 0.3) is 5.91 Å². The first-order valence-electron chi connectivity index (χ1n) is 12.3. The third-order valence-electron chi connectivity index (χ3n) is 6.59. The normalized spacial score (nSPS) is 17.2. The van der Waals surface area contributed by atoms with Gasteiger partial charge >= 0.3 is 0 Å². The SMILES string of the molecule is COc1ccc(S(=O)(=O)NCCCN2CCOCC2)cc1N1CCN(C(=O)c2c(F)cccc2F)CC1. The Morgan fingerprint density at radius 3 is 2.35 bits per heavy atom. The largest absolute Gasteiger partial charge is 0.495 e. The molecule has 0 radical (unpaired) electrons. The highest BCUT2D eigenvalue weighted by Crippen LogP contribution is 2.32. The number of benzene rings is 2. The third kappa shape index (κ3) is 6.56. The van der Waals surface area contributed by atoms with Crippen LogP contribution in [0.4, 0.5) is 14.5 Å². The van der Waals surface area contributed by atoms with Crippen molar-refractivity contribution in [1.82, 2.24) is 14.5 Å². The second-order valence-corrected chi connectivity index (χ2v) is 10.7. The predicted molar refractivity (Wildman–Crippen MR) is 135 cm³/mol. The maximum atomic E-state index is 14.1. The number of anilines is 1. The molecule has 2 aliphatic rings. The lowest BCUT2D eigenvalue weighted by molar-refractivity contribution is 0.0376. The highest BCUT2D eigenvalue weighted by atomic mass is 32.2. The number of methoxy groups -OCH3 is 1. The number of sulfonamides is 1. The molecule has 2 saturated heterocycles. The van der Waals surface area contributed by atoms with E-state index < -0.39 is 33.1 Å². The van der Waals surface area contributed by atoms with E-state index in [4.69, 9.17) is 9.47 Å². The molecule has 2 aromatic rings. The smallest absolute Gasteiger partial charge is 0.259 e. The van der Waals surface area contributed by atoms with E-state index in [9.17, 15) is 22.0 Å². The first-order valence-corrected chi connectivity index (χ1v) is 13.7. The van der Waals surface area contributed by atoms with Crippen LogP contribution in [0.3, 0.4) is 0 Å². The van der Waals surface area contributed by atoms with Gasteiger partial charge in [0, 0.05) is 45.8 Å². The first kappa shape index (κ1) is 27.2. The predicted octanol–water partition coefficient (Wildman–Crippen LogP) is 1.94. The molecule has 0 saturated carbocycles. The molecular weight excluding hydrogens is 506 g/mol. The van der Waals surface area contributed by atoms with Crippen molar-refractivity contribution < 1.29 is 31.5 Å². The number of piperazine rings is 1. The molecule has 2 heterocycles. The fourth-order valence-electron chi connectivity index (χ4n) is 4.51. The minimum absolute atomic E-state index is 0.113. The molecule has 2 aliphatic heterocycles. The summed E-state index contributed by atoms with van der Waals surface area (Å²) in [6, 6.07) is 7.97. The van der Waals surface area contributed by atoms with Gasteiger partial charge in [-0.15, -0.1) is 0 Å². The Morgan fingerprint density at radius 1 is 1.03 bits per heavy atom. The number of ether oxygens (including phenoxy) is 2. The average molecular weight is 539 g/mol. The Morgan fingerprint density at radius 2 is 1.70 bits per heavy atom. The van der Waals surface area contributed by atoms with Crippen molar-refractivity contribution in [2.24, 2.45) is 0 Å². The summed E-state index contributed by atoms with van der Waals surface area (Å²) in [5.74, 6) is -2.01. The van der Waals surface area contributed by atoms with Crippen molar-refractivity contribution >= 4 is 21.6 Å². The molecule has 0 aliphatic carbocycles. The first-order chi connectivity index (χ1) is 17.8. The van der Waals surface area contributed by atoms with Gasteiger partial charge in [-0.1, -0.05) is 6.07 Å². The van der Waals surface area contributed by atoms with Crippen molar-refractivity contribution in [2.45, 2.75) is 11.3 Å². The molecule has 4 rings (SSSR count). The molecule has 0 bridgehead atoms. The zero-order valence-electron chi connectivity index (χ0n) is 20.8. The molecule has 2 fully saturated rings. The number of hydrogen-bond donors (Lipinski definition) is 1. The van der Waals surface area contributed by atoms with E-state index in [1.165, 1.54) is 24.1 Å². The van der Waals surface area contributed by atoms with Gasteiger partial charge in [-0.25, -0.2) is 21.9 Å². The summed E-state index contributed by atoms with van der Waals surface area (Å²) in [5.41, 5.74) is 0.00387. The number of nitrogens with zero attached hydrogens (tertiary/aromatic N) is 3. The van der Waals surface area contributed by atoms with Crippen LogP contribution in [-0.2, 0) is 14.8 Å². The fraction of sp³-hybridized carbons (Fsp3) is 0.480. The summed E-state index contributed by atoms with van der Waals surface area (Å²) in [7, 11) is -2.24. The third-order valence-corrected chi connectivity index (χ3v) is 8.05. The average Bonchev–Trinajstić information content (AvgIpc) is 2.91. The van der Waals surface area contributed by atoms with Crippen molar-refractivity contribution in [1.29, 1.82) is 0 Å². The number of carbonyl (C=O) groups is 1. The number of nitrogens with one attached hydrogen (secondary N) is 1. The number of halogens is 2. The lowest BCUT2D eigenvalue weighted by Gasteiger charge is -2.36. The fourth-order valence-corrected chi connectivity index (χ4v) is 5.61. The van der Waals surface area contributed by atoms with Crippen LogP contribution in [0.5, 0.6) is 5.75 Å². The molecule has 0 spiro atoms. The van der Waals surface area contributed by atoms with Gasteiger partial charge in [0.05, 0.1) is 30.9 Å². The van der Waals surface area contributed by atoms with E-state index in [0.717, 1.165) is 31.8 Å². The molecule has 1 N–H and O–H groups in total. The van der Waals surface area contributed by atoms with Gasteiger partial charge in [-0.3, -0.25) is 9.69 Å². The van der Waals surface area contributed by atoms with Gasteiger partial charge in [0.1, 0.15) is 22.9 Å². The van der Waals surface area contributed by atoms with Crippen molar-refractivity contribution in [3.05, 3.63) is 53.6 Å². The Bertz CT molecular complexity index is 1180. The summed E-state index contributed by atoms with van der Waals surface area (Å²) in [4.78, 5) is 18.4. The van der Waals surface area contributed by atoms with Crippen LogP contribution in [0.25, 0.3) is 0 Å². The summed E-state index contributed by atoms with van der Waals surface area (Å²) in [6.45, 7) is 5.31. The summed E-state index contributed by atoms with van der Waals surface area (Å²) < 4.78 is 67.5. The van der Waals surface area contributed by atoms with E-state index in [-0.39, 0.29) is 18.0 Å². The van der Waals surface area contributed by atoms with Crippen LogP contribution in [0, 0.1) is 11.6 Å². The molecule has 12 heteroatoms. The lowest BCUT2D eigenvalue weighted by Crippen LogP contribution is -2.49. The molecule has 2 aromatic carbocycles. The number of amides is 1. The maximum Gasteiger partial charge on any atom is 0.259 e. The van der Waals surface area contributed by atoms with Crippen LogP contribution < -0.4 is 14.4 Å². The lowest BCUT2D eigenvalue weighted by atomic mass is 10.1. The quantitative estimate of drug-likeness (QED) is 0.488. The van der Waals surface area contributed by atoms with Crippen molar-refractivity contribution in [3.8, 4) is 5.75 Å². The van der Waals surface area contributed by atoms with Crippen LogP contribution in [0.2, 0.25) is 0 Å². The van der Waals surface area contributed by atoms with Gasteiger partial charge < -0.3 is 19.3 Å². The molecule has 0 unspecified atom stereocenters. The van der Waals surface area contributed by atoms with Gasteiger partial charge in [0.2, 0.25) is 10.0 Å². The minimum Gasteiger partial charge on any atom is -0.495 e. The summed E-state index contributed by atoms with van der Waals surface area (Å²) in [5, 5.41) is 0. The zero-order chi connectivity index (χ0) is 26.4. The Labute approximate surface area is 216 Å². The van der Waals surface area contributed by atoms with E-state index in [1.807, 2.05) is 4.90 Å². The van der Waals surface area contributed by atoms with E-state index >= 15 is 0 Å². The number of hydrogen-bond acceptors (Lipinski definition) is 7. The topological polar surface area (TPSA) is 91.4 Å². The Balaban J connectivity index is 1.39. The summed E-state index contributed by atoms with van der Waals surface area (Å²) in [6.07, 6.45) is 0.681. The zero-order valence-corrected chi connectivity index (χ0v) is 21.6. The molecule has 0 aromatic heterocycles.